The van der Waals surface area contributed by atoms with Crippen molar-refractivity contribution in [1.29, 1.82) is 0 Å². The molecule has 1 heterocycles. The third-order valence-corrected chi connectivity index (χ3v) is 5.47. The van der Waals surface area contributed by atoms with Gasteiger partial charge >= 0.3 is 0 Å². The monoisotopic (exact) mass is 439 g/mol. The fraction of sp³-hybridized carbons (Fsp3) is 0.261. The number of hydrogen-bond acceptors (Lipinski definition) is 6. The second-order valence-corrected chi connectivity index (χ2v) is 7.61. The molecule has 1 amide bonds. The Morgan fingerprint density at radius 3 is 2.45 bits per heavy atom. The number of ether oxygens (including phenoxy) is 2. The first-order valence-electron chi connectivity index (χ1n) is 9.74. The lowest BCUT2D eigenvalue weighted by atomic mass is 10.1. The van der Waals surface area contributed by atoms with Crippen molar-refractivity contribution in [3.05, 3.63) is 70.5 Å². The largest absolute Gasteiger partial charge is 0.493 e. The maximum Gasteiger partial charge on any atom is 0.267 e. The normalized spacial score (nSPS) is 10.5. The molecular weight excluding hydrogens is 414 g/mol. The lowest BCUT2D eigenvalue weighted by molar-refractivity contribution is -0.121. The molecule has 0 fully saturated rings. The van der Waals surface area contributed by atoms with Crippen molar-refractivity contribution in [2.75, 3.05) is 27.0 Å². The number of nitrogens with one attached hydrogen (secondary N) is 1. The molecule has 8 heteroatoms. The number of carbonyl (C=O) groups is 1. The van der Waals surface area contributed by atoms with Crippen LogP contribution in [0.25, 0.3) is 11.3 Å². The Bertz CT molecular complexity index is 1100. The maximum absolute atomic E-state index is 12.4. The van der Waals surface area contributed by atoms with Gasteiger partial charge in [-0.3, -0.25) is 9.59 Å². The van der Waals surface area contributed by atoms with Crippen LogP contribution in [0.1, 0.15) is 5.56 Å². The molecular formula is C23H25N3O4S. The number of thioether (sulfide) groups is 1. The van der Waals surface area contributed by atoms with Crippen LogP contribution < -0.4 is 20.3 Å². The van der Waals surface area contributed by atoms with E-state index in [2.05, 4.69) is 10.4 Å². The molecule has 162 valence electrons. The Morgan fingerprint density at radius 1 is 1.03 bits per heavy atom. The summed E-state index contributed by atoms with van der Waals surface area (Å²) in [6, 6.07) is 16.6. The quantitative estimate of drug-likeness (QED) is 0.516. The number of benzene rings is 2. The number of methoxy groups -OCH3 is 2. The zero-order valence-corrected chi connectivity index (χ0v) is 18.6. The van der Waals surface area contributed by atoms with Gasteiger partial charge in [0.15, 0.2) is 11.5 Å². The zero-order chi connectivity index (χ0) is 22.2. The van der Waals surface area contributed by atoms with E-state index in [0.717, 1.165) is 16.0 Å². The summed E-state index contributed by atoms with van der Waals surface area (Å²) in [6.07, 6.45) is 2.63. The van der Waals surface area contributed by atoms with Crippen LogP contribution in [0.4, 0.5) is 0 Å². The van der Waals surface area contributed by atoms with Crippen LogP contribution in [-0.4, -0.2) is 42.7 Å². The minimum atomic E-state index is -0.320. The molecule has 2 aromatic carbocycles. The third-order valence-electron chi connectivity index (χ3n) is 4.73. The molecule has 0 bridgehead atoms. The molecule has 0 spiro atoms. The number of amides is 1. The molecule has 1 N–H and O–H groups in total. The third kappa shape index (κ3) is 5.88. The van der Waals surface area contributed by atoms with Crippen LogP contribution in [0.3, 0.4) is 0 Å². The van der Waals surface area contributed by atoms with E-state index in [9.17, 15) is 9.59 Å². The molecule has 0 atom stereocenters. The van der Waals surface area contributed by atoms with Crippen LogP contribution in [0.2, 0.25) is 0 Å². The highest BCUT2D eigenvalue weighted by Gasteiger charge is 2.09. The highest BCUT2D eigenvalue weighted by atomic mass is 32.2. The maximum atomic E-state index is 12.4. The topological polar surface area (TPSA) is 82.5 Å². The van der Waals surface area contributed by atoms with Crippen molar-refractivity contribution >= 4 is 17.7 Å². The smallest absolute Gasteiger partial charge is 0.267 e. The van der Waals surface area contributed by atoms with Crippen molar-refractivity contribution in [3.63, 3.8) is 0 Å². The van der Waals surface area contributed by atoms with Crippen molar-refractivity contribution in [2.24, 2.45) is 0 Å². The van der Waals surface area contributed by atoms with Gasteiger partial charge in [0.25, 0.3) is 5.56 Å². The van der Waals surface area contributed by atoms with Crippen molar-refractivity contribution in [3.8, 4) is 22.8 Å². The van der Waals surface area contributed by atoms with Gasteiger partial charge in [0.2, 0.25) is 5.91 Å². The first-order valence-corrected chi connectivity index (χ1v) is 11.0. The minimum absolute atomic E-state index is 0.137. The van der Waals surface area contributed by atoms with Crippen LogP contribution in [0.15, 0.2) is 64.3 Å². The molecule has 1 aromatic heterocycles. The fourth-order valence-electron chi connectivity index (χ4n) is 3.05. The Balaban J connectivity index is 1.60. The van der Waals surface area contributed by atoms with Gasteiger partial charge in [0.1, 0.15) is 6.54 Å². The summed E-state index contributed by atoms with van der Waals surface area (Å²) >= 11 is 1.65. The van der Waals surface area contributed by atoms with E-state index in [1.807, 2.05) is 48.7 Å². The van der Waals surface area contributed by atoms with E-state index in [1.54, 1.807) is 32.0 Å². The molecule has 0 unspecified atom stereocenters. The number of carbonyl (C=O) groups excluding carboxylic acids is 1. The summed E-state index contributed by atoms with van der Waals surface area (Å²) in [7, 11) is 3.17. The summed E-state index contributed by atoms with van der Waals surface area (Å²) in [5.41, 5.74) is 2.22. The molecule has 0 aliphatic carbocycles. The van der Waals surface area contributed by atoms with Crippen LogP contribution in [-0.2, 0) is 17.8 Å². The van der Waals surface area contributed by atoms with Crippen LogP contribution in [0.5, 0.6) is 11.5 Å². The van der Waals surface area contributed by atoms with Crippen molar-refractivity contribution in [1.82, 2.24) is 15.1 Å². The van der Waals surface area contributed by atoms with Gasteiger partial charge in [0.05, 0.1) is 19.9 Å². The van der Waals surface area contributed by atoms with E-state index in [0.29, 0.717) is 30.2 Å². The summed E-state index contributed by atoms with van der Waals surface area (Å²) in [5.74, 6) is 1.03. The number of hydrogen-bond donors (Lipinski definition) is 1. The standard InChI is InChI=1S/C23H25N3O4S/c1-29-20-10-4-16(14-21(20)30-2)12-13-24-22(27)15-26-23(28)11-9-19(25-26)17-5-7-18(31-3)8-6-17/h4-11,14H,12-13,15H2,1-3H3,(H,24,27). The molecule has 3 aromatic rings. The SMILES string of the molecule is COc1ccc(CCNC(=O)Cn2nc(-c3ccc(SC)cc3)ccc2=O)cc1OC. The first-order chi connectivity index (χ1) is 15.0. The van der Waals surface area contributed by atoms with Gasteiger partial charge in [-0.2, -0.15) is 5.10 Å². The van der Waals surface area contributed by atoms with Gasteiger partial charge in [-0.25, -0.2) is 4.68 Å². The van der Waals surface area contributed by atoms with E-state index < -0.39 is 0 Å². The summed E-state index contributed by atoms with van der Waals surface area (Å²) in [6.45, 7) is 0.292. The average Bonchev–Trinajstić information content (AvgIpc) is 2.80. The highest BCUT2D eigenvalue weighted by Crippen LogP contribution is 2.27. The van der Waals surface area contributed by atoms with Gasteiger partial charge in [-0.15, -0.1) is 11.8 Å². The van der Waals surface area contributed by atoms with Crippen molar-refractivity contribution < 1.29 is 14.3 Å². The lowest BCUT2D eigenvalue weighted by Gasteiger charge is -2.11. The molecule has 0 saturated carbocycles. The van der Waals surface area contributed by atoms with Gasteiger partial charge in [0, 0.05) is 23.1 Å². The Morgan fingerprint density at radius 2 is 1.77 bits per heavy atom. The van der Waals surface area contributed by atoms with Crippen LogP contribution >= 0.6 is 11.8 Å². The molecule has 3 rings (SSSR count). The van der Waals surface area contributed by atoms with Gasteiger partial charge < -0.3 is 14.8 Å². The minimum Gasteiger partial charge on any atom is -0.493 e. The molecule has 7 nitrogen and oxygen atoms in total. The molecule has 0 aliphatic rings. The molecule has 31 heavy (non-hydrogen) atoms. The lowest BCUT2D eigenvalue weighted by Crippen LogP contribution is -2.34. The van der Waals surface area contributed by atoms with E-state index >= 15 is 0 Å². The second-order valence-electron chi connectivity index (χ2n) is 6.73. The summed E-state index contributed by atoms with van der Waals surface area (Å²) < 4.78 is 11.7. The number of rotatable bonds is 9. The summed E-state index contributed by atoms with van der Waals surface area (Å²) in [4.78, 5) is 25.7. The van der Waals surface area contributed by atoms with E-state index in [1.165, 1.54) is 10.7 Å². The zero-order valence-electron chi connectivity index (χ0n) is 17.8. The molecule has 0 radical (unpaired) electrons. The highest BCUT2D eigenvalue weighted by molar-refractivity contribution is 7.98. The predicted molar refractivity (Wildman–Crippen MR) is 122 cm³/mol. The average molecular weight is 440 g/mol. The second kappa shape index (κ2) is 10.7. The van der Waals surface area contributed by atoms with Gasteiger partial charge in [-0.1, -0.05) is 18.2 Å². The van der Waals surface area contributed by atoms with E-state index in [4.69, 9.17) is 9.47 Å². The van der Waals surface area contributed by atoms with Crippen molar-refractivity contribution in [2.45, 2.75) is 17.9 Å². The van der Waals surface area contributed by atoms with Crippen LogP contribution in [0, 0.1) is 0 Å². The molecule has 0 saturated heterocycles. The predicted octanol–water partition coefficient (Wildman–Crippen LogP) is 3.01. The first kappa shape index (κ1) is 22.4. The Hall–Kier alpha value is -3.26. The summed E-state index contributed by atoms with van der Waals surface area (Å²) in [5, 5.41) is 7.19. The Kier molecular flexibility index (Phi) is 7.72. The van der Waals surface area contributed by atoms with E-state index in [-0.39, 0.29) is 18.0 Å². The number of aromatic nitrogens is 2. The molecule has 0 aliphatic heterocycles. The Labute approximate surface area is 185 Å². The van der Waals surface area contributed by atoms with Gasteiger partial charge in [-0.05, 0) is 48.6 Å². The fourth-order valence-corrected chi connectivity index (χ4v) is 3.46. The number of nitrogens with zero attached hydrogens (tertiary/aromatic N) is 2.